The summed E-state index contributed by atoms with van der Waals surface area (Å²) in [5.74, 6) is 0.728. The van der Waals surface area contributed by atoms with E-state index in [9.17, 15) is 0 Å². The van der Waals surface area contributed by atoms with Gasteiger partial charge in [0, 0.05) is 13.2 Å². The molecule has 1 aromatic carbocycles. The van der Waals surface area contributed by atoms with E-state index >= 15 is 0 Å². The van der Waals surface area contributed by atoms with Gasteiger partial charge >= 0.3 is 8.80 Å². The first kappa shape index (κ1) is 14.1. The molecule has 0 bridgehead atoms. The van der Waals surface area contributed by atoms with Crippen LogP contribution in [0, 0.1) is 0 Å². The summed E-state index contributed by atoms with van der Waals surface area (Å²) in [5, 5.41) is 0. The van der Waals surface area contributed by atoms with Crippen LogP contribution in [-0.4, -0.2) is 37.1 Å². The Morgan fingerprint density at radius 3 is 2.29 bits per heavy atom. The van der Waals surface area contributed by atoms with Crippen LogP contribution in [0.25, 0.3) is 0 Å². The summed E-state index contributed by atoms with van der Waals surface area (Å²) >= 11 is 0. The van der Waals surface area contributed by atoms with Gasteiger partial charge in [-0.15, -0.1) is 0 Å². The van der Waals surface area contributed by atoms with Gasteiger partial charge in [-0.2, -0.15) is 0 Å². The summed E-state index contributed by atoms with van der Waals surface area (Å²) < 4.78 is 10.0. The summed E-state index contributed by atoms with van der Waals surface area (Å²) in [6, 6.07) is 7.53. The van der Waals surface area contributed by atoms with Crippen LogP contribution < -0.4 is 4.74 Å². The molecule has 1 aromatic rings. The molecule has 0 spiro atoms. The van der Waals surface area contributed by atoms with Crippen molar-refractivity contribution >= 4 is 8.80 Å². The molecule has 0 aliphatic heterocycles. The maximum Gasteiger partial charge on any atom is 0.492 e. The highest BCUT2D eigenvalue weighted by atomic mass is 28.4. The third kappa shape index (κ3) is 6.40. The molecule has 17 heavy (non-hydrogen) atoms. The lowest BCUT2D eigenvalue weighted by Gasteiger charge is -2.09. The molecule has 0 radical (unpaired) electrons. The minimum absolute atomic E-state index is 0.0644. The van der Waals surface area contributed by atoms with Crippen LogP contribution in [0.5, 0.6) is 5.75 Å². The SMILES string of the molecule is COCOc1ccc(CCC[Si](O)(O)O)cc1. The second-order valence-corrected chi connectivity index (χ2v) is 5.87. The van der Waals surface area contributed by atoms with Gasteiger partial charge in [0.1, 0.15) is 5.75 Å². The molecule has 0 aliphatic carbocycles. The summed E-state index contributed by atoms with van der Waals surface area (Å²) in [4.78, 5) is 26.6. The van der Waals surface area contributed by atoms with Crippen LogP contribution in [0.4, 0.5) is 0 Å². The minimum Gasteiger partial charge on any atom is -0.468 e. The van der Waals surface area contributed by atoms with E-state index in [0.29, 0.717) is 12.8 Å². The highest BCUT2D eigenvalue weighted by Crippen LogP contribution is 2.14. The van der Waals surface area contributed by atoms with Crippen molar-refractivity contribution in [2.75, 3.05) is 13.9 Å². The van der Waals surface area contributed by atoms with Crippen LogP contribution >= 0.6 is 0 Å². The van der Waals surface area contributed by atoms with Crippen LogP contribution in [0.3, 0.4) is 0 Å². The quantitative estimate of drug-likeness (QED) is 0.491. The van der Waals surface area contributed by atoms with Crippen molar-refractivity contribution < 1.29 is 23.9 Å². The van der Waals surface area contributed by atoms with Crippen molar-refractivity contribution in [1.82, 2.24) is 0 Å². The zero-order chi connectivity index (χ0) is 12.7. The smallest absolute Gasteiger partial charge is 0.468 e. The van der Waals surface area contributed by atoms with E-state index in [1.807, 2.05) is 24.3 Å². The fourth-order valence-corrected chi connectivity index (χ4v) is 2.06. The highest BCUT2D eigenvalue weighted by Gasteiger charge is 2.25. The predicted octanol–water partition coefficient (Wildman–Crippen LogP) is 0.518. The van der Waals surface area contributed by atoms with Gasteiger partial charge in [0.2, 0.25) is 0 Å². The summed E-state index contributed by atoms with van der Waals surface area (Å²) in [7, 11) is -2.32. The van der Waals surface area contributed by atoms with Gasteiger partial charge in [0.05, 0.1) is 0 Å². The van der Waals surface area contributed by atoms with Crippen LogP contribution in [0.15, 0.2) is 24.3 Å². The number of methoxy groups -OCH3 is 1. The first-order chi connectivity index (χ1) is 8.01. The molecule has 1 rings (SSSR count). The van der Waals surface area contributed by atoms with Crippen molar-refractivity contribution in [2.45, 2.75) is 18.9 Å². The normalized spacial score (nSPS) is 11.5. The molecule has 5 nitrogen and oxygen atoms in total. The van der Waals surface area contributed by atoms with Crippen molar-refractivity contribution in [3.8, 4) is 5.75 Å². The van der Waals surface area contributed by atoms with Crippen LogP contribution in [0.2, 0.25) is 6.04 Å². The molecule has 0 saturated heterocycles. The molecule has 0 aliphatic rings. The second kappa shape index (κ2) is 6.73. The molecular weight excluding hydrogens is 240 g/mol. The standard InChI is InChI=1S/C11H18O5Si/c1-15-9-16-11-6-4-10(5-7-11)3-2-8-17(12,13)14/h4-7,12-14H,2-3,8-9H2,1H3. The Labute approximate surface area is 102 Å². The first-order valence-electron chi connectivity index (χ1n) is 5.39. The maximum atomic E-state index is 8.85. The van der Waals surface area contributed by atoms with E-state index in [1.54, 1.807) is 7.11 Å². The Morgan fingerprint density at radius 1 is 1.12 bits per heavy atom. The number of hydrogen-bond acceptors (Lipinski definition) is 5. The predicted molar refractivity (Wildman–Crippen MR) is 64.5 cm³/mol. The molecule has 3 N–H and O–H groups in total. The van der Waals surface area contributed by atoms with Gasteiger partial charge in [-0.05, 0) is 30.5 Å². The molecule has 0 heterocycles. The van der Waals surface area contributed by atoms with Gasteiger partial charge in [-0.25, -0.2) is 0 Å². The third-order valence-electron chi connectivity index (χ3n) is 2.24. The van der Waals surface area contributed by atoms with E-state index in [4.69, 9.17) is 23.9 Å². The number of rotatable bonds is 7. The second-order valence-electron chi connectivity index (χ2n) is 3.82. The Morgan fingerprint density at radius 2 is 1.76 bits per heavy atom. The Hall–Kier alpha value is -0.923. The lowest BCUT2D eigenvalue weighted by molar-refractivity contribution is 0.0511. The van der Waals surface area contributed by atoms with E-state index in [0.717, 1.165) is 11.3 Å². The topological polar surface area (TPSA) is 79.2 Å². The Balaban J connectivity index is 2.35. The number of hydrogen-bond donors (Lipinski definition) is 3. The summed E-state index contributed by atoms with van der Waals surface area (Å²) in [6.07, 6.45) is 1.25. The molecule has 0 amide bonds. The number of ether oxygens (including phenoxy) is 2. The fourth-order valence-electron chi connectivity index (χ4n) is 1.41. The van der Waals surface area contributed by atoms with Crippen LogP contribution in [-0.2, 0) is 11.2 Å². The van der Waals surface area contributed by atoms with E-state index in [1.165, 1.54) is 0 Å². The zero-order valence-corrected chi connectivity index (χ0v) is 10.8. The lowest BCUT2D eigenvalue weighted by Crippen LogP contribution is -2.34. The monoisotopic (exact) mass is 258 g/mol. The molecule has 0 atom stereocenters. The molecule has 6 heteroatoms. The van der Waals surface area contributed by atoms with Gasteiger partial charge in [-0.1, -0.05) is 12.1 Å². The lowest BCUT2D eigenvalue weighted by atomic mass is 10.1. The summed E-state index contributed by atoms with van der Waals surface area (Å²) in [5.41, 5.74) is 1.06. The minimum atomic E-state index is -3.88. The van der Waals surface area contributed by atoms with Crippen molar-refractivity contribution in [3.63, 3.8) is 0 Å². The van der Waals surface area contributed by atoms with Crippen LogP contribution in [0.1, 0.15) is 12.0 Å². The van der Waals surface area contributed by atoms with Crippen molar-refractivity contribution in [3.05, 3.63) is 29.8 Å². The van der Waals surface area contributed by atoms with Gasteiger partial charge in [0.25, 0.3) is 0 Å². The molecular formula is C11H18O5Si. The van der Waals surface area contributed by atoms with Gasteiger partial charge in [0.15, 0.2) is 6.79 Å². The van der Waals surface area contributed by atoms with Gasteiger partial charge < -0.3 is 23.9 Å². The van der Waals surface area contributed by atoms with Gasteiger partial charge in [-0.3, -0.25) is 0 Å². The van der Waals surface area contributed by atoms with E-state index < -0.39 is 8.80 Å². The molecule has 0 aromatic heterocycles. The first-order valence-corrected chi connectivity index (χ1v) is 7.44. The fraction of sp³-hybridized carbons (Fsp3) is 0.455. The third-order valence-corrected chi connectivity index (χ3v) is 3.27. The average Bonchev–Trinajstić information content (AvgIpc) is 2.26. The van der Waals surface area contributed by atoms with Crippen molar-refractivity contribution in [2.24, 2.45) is 0 Å². The highest BCUT2D eigenvalue weighted by molar-refractivity contribution is 6.56. The summed E-state index contributed by atoms with van der Waals surface area (Å²) in [6.45, 7) is 0.215. The largest absolute Gasteiger partial charge is 0.492 e. The molecule has 0 saturated carbocycles. The Bertz CT molecular complexity index is 320. The molecule has 96 valence electrons. The maximum absolute atomic E-state index is 8.85. The van der Waals surface area contributed by atoms with E-state index in [-0.39, 0.29) is 12.8 Å². The molecule has 0 fully saturated rings. The molecule has 0 unspecified atom stereocenters. The number of benzene rings is 1. The average molecular weight is 258 g/mol. The number of aryl methyl sites for hydroxylation is 1. The van der Waals surface area contributed by atoms with E-state index in [2.05, 4.69) is 0 Å². The zero-order valence-electron chi connectivity index (χ0n) is 9.80. The Kier molecular flexibility index (Phi) is 5.59. The van der Waals surface area contributed by atoms with Crippen molar-refractivity contribution in [1.29, 1.82) is 0 Å².